The van der Waals surface area contributed by atoms with E-state index in [9.17, 15) is 0 Å². The van der Waals surface area contributed by atoms with Crippen LogP contribution in [0.25, 0.3) is 6.08 Å². The zero-order chi connectivity index (χ0) is 12.1. The van der Waals surface area contributed by atoms with Crippen molar-refractivity contribution in [3.8, 4) is 0 Å². The zero-order valence-electron chi connectivity index (χ0n) is 9.59. The van der Waals surface area contributed by atoms with Gasteiger partial charge in [0.2, 0.25) is 5.50 Å². The maximum Gasteiger partial charge on any atom is 0.236 e. The molecule has 0 bridgehead atoms. The van der Waals surface area contributed by atoms with Gasteiger partial charge in [0.15, 0.2) is 12.4 Å². The molecule has 2 heteroatoms. The summed E-state index contributed by atoms with van der Waals surface area (Å²) in [5.74, 6) is 0. The molecule has 0 fully saturated rings. The molecule has 0 N–H and O–H groups in total. The fourth-order valence-electron chi connectivity index (χ4n) is 1.69. The van der Waals surface area contributed by atoms with Gasteiger partial charge in [0.05, 0.1) is 6.42 Å². The molecule has 0 radical (unpaired) electrons. The van der Waals surface area contributed by atoms with Crippen molar-refractivity contribution in [1.29, 1.82) is 0 Å². The molecular formula is C15H15ClN+. The summed E-state index contributed by atoms with van der Waals surface area (Å²) in [4.78, 5) is 0. The number of hydrogen-bond acceptors (Lipinski definition) is 0. The summed E-state index contributed by atoms with van der Waals surface area (Å²) in [5, 5.41) is 0. The van der Waals surface area contributed by atoms with Crippen LogP contribution in [-0.2, 0) is 6.42 Å². The van der Waals surface area contributed by atoms with Gasteiger partial charge in [-0.3, -0.25) is 0 Å². The Morgan fingerprint density at radius 2 is 1.76 bits per heavy atom. The lowest BCUT2D eigenvalue weighted by atomic mass is 10.1. The number of pyridine rings is 1. The van der Waals surface area contributed by atoms with E-state index in [4.69, 9.17) is 11.6 Å². The summed E-state index contributed by atoms with van der Waals surface area (Å²) in [6, 6.07) is 14.3. The van der Waals surface area contributed by atoms with E-state index in [1.807, 2.05) is 41.2 Å². The molecule has 86 valence electrons. The average Bonchev–Trinajstić information content (AvgIpc) is 2.40. The van der Waals surface area contributed by atoms with Crippen molar-refractivity contribution in [1.82, 2.24) is 0 Å². The van der Waals surface area contributed by atoms with Crippen LogP contribution >= 0.6 is 11.6 Å². The van der Waals surface area contributed by atoms with Gasteiger partial charge < -0.3 is 0 Å². The van der Waals surface area contributed by atoms with Gasteiger partial charge >= 0.3 is 0 Å². The third-order valence-corrected chi connectivity index (χ3v) is 3.06. The Balaban J connectivity index is 2.07. The average molecular weight is 245 g/mol. The smallest absolute Gasteiger partial charge is 0.188 e. The third-order valence-electron chi connectivity index (χ3n) is 2.68. The van der Waals surface area contributed by atoms with Crippen molar-refractivity contribution in [2.45, 2.75) is 11.9 Å². The molecule has 1 heterocycles. The summed E-state index contributed by atoms with van der Waals surface area (Å²) >= 11 is 6.36. The van der Waals surface area contributed by atoms with E-state index in [2.05, 4.69) is 30.8 Å². The first-order chi connectivity index (χ1) is 8.29. The minimum absolute atomic E-state index is 0.0502. The quantitative estimate of drug-likeness (QED) is 0.572. The molecule has 0 amide bonds. The maximum absolute atomic E-state index is 6.36. The van der Waals surface area contributed by atoms with E-state index in [1.165, 1.54) is 5.56 Å². The molecule has 0 saturated heterocycles. The first-order valence-electron chi connectivity index (χ1n) is 5.61. The van der Waals surface area contributed by atoms with E-state index in [-0.39, 0.29) is 5.50 Å². The first kappa shape index (κ1) is 11.9. The molecule has 2 aromatic rings. The highest BCUT2D eigenvalue weighted by Crippen LogP contribution is 2.14. The van der Waals surface area contributed by atoms with Gasteiger partial charge in [-0.05, 0) is 22.7 Å². The number of aromatic nitrogens is 1. The highest BCUT2D eigenvalue weighted by atomic mass is 35.5. The summed E-state index contributed by atoms with van der Waals surface area (Å²) in [7, 11) is 0. The number of hydrogen-bond donors (Lipinski definition) is 0. The van der Waals surface area contributed by atoms with Crippen LogP contribution in [0, 0.1) is 0 Å². The Kier molecular flexibility index (Phi) is 3.94. The lowest BCUT2D eigenvalue weighted by Crippen LogP contribution is -2.36. The highest BCUT2D eigenvalue weighted by Gasteiger charge is 2.14. The number of halogens is 1. The summed E-state index contributed by atoms with van der Waals surface area (Å²) < 4.78 is 2.00. The monoisotopic (exact) mass is 244 g/mol. The van der Waals surface area contributed by atoms with Gasteiger partial charge in [-0.25, -0.2) is 0 Å². The van der Waals surface area contributed by atoms with Gasteiger partial charge in [-0.1, -0.05) is 43.0 Å². The maximum atomic E-state index is 6.36. The van der Waals surface area contributed by atoms with Crippen LogP contribution in [0.3, 0.4) is 0 Å². The molecule has 0 saturated carbocycles. The SMILES string of the molecule is C=Cc1ccc(CC(Cl)[n+]2ccccc2)cc1. The molecule has 0 aliphatic rings. The molecule has 17 heavy (non-hydrogen) atoms. The lowest BCUT2D eigenvalue weighted by Gasteiger charge is -2.05. The lowest BCUT2D eigenvalue weighted by molar-refractivity contribution is -0.702. The Hall–Kier alpha value is -1.60. The minimum Gasteiger partial charge on any atom is -0.188 e. The fraction of sp³-hybridized carbons (Fsp3) is 0.133. The molecule has 0 aliphatic heterocycles. The predicted octanol–water partition coefficient (Wildman–Crippen LogP) is 3.60. The van der Waals surface area contributed by atoms with Crippen molar-refractivity contribution in [2.24, 2.45) is 0 Å². The molecule has 1 aromatic carbocycles. The van der Waals surface area contributed by atoms with Crippen molar-refractivity contribution in [3.63, 3.8) is 0 Å². The molecule has 1 atom stereocenters. The standard InChI is InChI=1S/C15H15ClN/c1-2-13-6-8-14(9-7-13)12-15(16)17-10-4-3-5-11-17/h2-11,15H,1,12H2/q+1. The van der Waals surface area contributed by atoms with E-state index >= 15 is 0 Å². The van der Waals surface area contributed by atoms with E-state index in [1.54, 1.807) is 0 Å². The molecule has 2 rings (SSSR count). The summed E-state index contributed by atoms with van der Waals surface area (Å²) in [6.45, 7) is 3.74. The topological polar surface area (TPSA) is 3.88 Å². The van der Waals surface area contributed by atoms with Crippen LogP contribution in [0.1, 0.15) is 16.6 Å². The second-order valence-corrected chi connectivity index (χ2v) is 4.41. The van der Waals surface area contributed by atoms with Crippen molar-refractivity contribution in [3.05, 3.63) is 72.6 Å². The van der Waals surface area contributed by atoms with Crippen molar-refractivity contribution < 1.29 is 4.57 Å². The van der Waals surface area contributed by atoms with Gasteiger partial charge in [-0.2, -0.15) is 4.57 Å². The van der Waals surface area contributed by atoms with Crippen LogP contribution in [0.2, 0.25) is 0 Å². The summed E-state index contributed by atoms with van der Waals surface area (Å²) in [5.41, 5.74) is 2.31. The second kappa shape index (κ2) is 5.65. The highest BCUT2D eigenvalue weighted by molar-refractivity contribution is 6.18. The molecule has 1 aromatic heterocycles. The number of nitrogens with zero attached hydrogens (tertiary/aromatic N) is 1. The number of rotatable bonds is 4. The zero-order valence-corrected chi connectivity index (χ0v) is 10.3. The van der Waals surface area contributed by atoms with Gasteiger partial charge in [0, 0.05) is 12.1 Å². The van der Waals surface area contributed by atoms with Gasteiger partial charge in [0.1, 0.15) is 0 Å². The van der Waals surface area contributed by atoms with Crippen LogP contribution in [0.4, 0.5) is 0 Å². The second-order valence-electron chi connectivity index (χ2n) is 3.91. The van der Waals surface area contributed by atoms with Crippen molar-refractivity contribution in [2.75, 3.05) is 0 Å². The Morgan fingerprint density at radius 1 is 1.12 bits per heavy atom. The van der Waals surface area contributed by atoms with Crippen LogP contribution in [-0.4, -0.2) is 0 Å². The minimum atomic E-state index is -0.0502. The Morgan fingerprint density at radius 3 is 2.35 bits per heavy atom. The Labute approximate surface area is 107 Å². The molecule has 1 unspecified atom stereocenters. The van der Waals surface area contributed by atoms with E-state index in [0.717, 1.165) is 12.0 Å². The largest absolute Gasteiger partial charge is 0.236 e. The number of benzene rings is 1. The van der Waals surface area contributed by atoms with Crippen LogP contribution < -0.4 is 4.57 Å². The van der Waals surface area contributed by atoms with E-state index in [0.29, 0.717) is 0 Å². The number of alkyl halides is 1. The van der Waals surface area contributed by atoms with E-state index < -0.39 is 0 Å². The summed E-state index contributed by atoms with van der Waals surface area (Å²) in [6.07, 6.45) is 6.62. The fourth-order valence-corrected chi connectivity index (χ4v) is 2.00. The molecular weight excluding hydrogens is 230 g/mol. The molecule has 1 nitrogen and oxygen atoms in total. The van der Waals surface area contributed by atoms with Crippen molar-refractivity contribution >= 4 is 17.7 Å². The van der Waals surface area contributed by atoms with Gasteiger partial charge in [0.25, 0.3) is 0 Å². The normalized spacial score (nSPS) is 12.1. The van der Waals surface area contributed by atoms with Crippen LogP contribution in [0.5, 0.6) is 0 Å². The van der Waals surface area contributed by atoms with Gasteiger partial charge in [-0.15, -0.1) is 0 Å². The third kappa shape index (κ3) is 3.18. The molecule has 0 spiro atoms. The first-order valence-corrected chi connectivity index (χ1v) is 6.04. The molecule has 0 aliphatic carbocycles. The Bertz CT molecular complexity index is 476. The predicted molar refractivity (Wildman–Crippen MR) is 71.8 cm³/mol. The van der Waals surface area contributed by atoms with Crippen LogP contribution in [0.15, 0.2) is 61.4 Å².